The summed E-state index contributed by atoms with van der Waals surface area (Å²) in [6.07, 6.45) is 0.262. The molecule has 1 rings (SSSR count). The highest BCUT2D eigenvalue weighted by Gasteiger charge is 2.50. The van der Waals surface area contributed by atoms with Gasteiger partial charge in [-0.05, 0) is 6.92 Å². The second-order valence-electron chi connectivity index (χ2n) is 4.74. The third kappa shape index (κ3) is 2.11. The number of hydrogen-bond acceptors (Lipinski definition) is 3. The standard InChI is InChI=1S/C10H17BrO3/c1-7-5-8(12)14-10(6-11,13-7)9(2,3)4/h7H,5-6H2,1-4H3/t7-,10-/m1/s1. The van der Waals surface area contributed by atoms with Crippen molar-refractivity contribution >= 4 is 21.9 Å². The van der Waals surface area contributed by atoms with Crippen molar-refractivity contribution in [1.82, 2.24) is 0 Å². The number of hydrogen-bond donors (Lipinski definition) is 0. The van der Waals surface area contributed by atoms with Gasteiger partial charge >= 0.3 is 5.97 Å². The van der Waals surface area contributed by atoms with Crippen LogP contribution in [0, 0.1) is 5.41 Å². The quantitative estimate of drug-likeness (QED) is 0.539. The lowest BCUT2D eigenvalue weighted by Gasteiger charge is -2.46. The van der Waals surface area contributed by atoms with Gasteiger partial charge in [-0.3, -0.25) is 4.79 Å². The fraction of sp³-hybridized carbons (Fsp3) is 0.900. The van der Waals surface area contributed by atoms with Crippen LogP contribution in [0.1, 0.15) is 34.1 Å². The monoisotopic (exact) mass is 264 g/mol. The van der Waals surface area contributed by atoms with Crippen molar-refractivity contribution < 1.29 is 14.3 Å². The minimum absolute atomic E-state index is 0.0759. The van der Waals surface area contributed by atoms with Crippen LogP contribution in [0.25, 0.3) is 0 Å². The summed E-state index contributed by atoms with van der Waals surface area (Å²) in [5, 5.41) is 0.500. The first kappa shape index (κ1) is 12.0. The molecule has 14 heavy (non-hydrogen) atoms. The van der Waals surface area contributed by atoms with Crippen molar-refractivity contribution in [3.05, 3.63) is 0 Å². The van der Waals surface area contributed by atoms with Gasteiger partial charge in [-0.15, -0.1) is 0 Å². The van der Waals surface area contributed by atoms with E-state index in [1.54, 1.807) is 0 Å². The molecule has 0 aromatic carbocycles. The number of ether oxygens (including phenoxy) is 2. The summed E-state index contributed by atoms with van der Waals surface area (Å²) in [6.45, 7) is 7.89. The maximum Gasteiger partial charge on any atom is 0.310 e. The van der Waals surface area contributed by atoms with E-state index in [0.29, 0.717) is 11.8 Å². The van der Waals surface area contributed by atoms with Gasteiger partial charge in [-0.25, -0.2) is 0 Å². The summed E-state index contributed by atoms with van der Waals surface area (Å²) in [6, 6.07) is 0. The van der Waals surface area contributed by atoms with Crippen LogP contribution in [0.15, 0.2) is 0 Å². The molecule has 0 N–H and O–H groups in total. The van der Waals surface area contributed by atoms with Gasteiger partial charge in [0.25, 0.3) is 0 Å². The first-order valence-electron chi connectivity index (χ1n) is 4.76. The molecule has 0 aromatic heterocycles. The Morgan fingerprint density at radius 2 is 2.14 bits per heavy atom. The van der Waals surface area contributed by atoms with Gasteiger partial charge in [-0.1, -0.05) is 36.7 Å². The molecule has 0 bridgehead atoms. The van der Waals surface area contributed by atoms with E-state index in [4.69, 9.17) is 9.47 Å². The van der Waals surface area contributed by atoms with E-state index >= 15 is 0 Å². The minimum Gasteiger partial charge on any atom is -0.431 e. The molecule has 0 spiro atoms. The predicted molar refractivity (Wildman–Crippen MR) is 57.2 cm³/mol. The van der Waals surface area contributed by atoms with E-state index in [9.17, 15) is 4.79 Å². The van der Waals surface area contributed by atoms with E-state index in [-0.39, 0.29) is 17.5 Å². The molecule has 1 saturated heterocycles. The first-order valence-corrected chi connectivity index (χ1v) is 5.88. The molecule has 0 unspecified atom stereocenters. The lowest BCUT2D eigenvalue weighted by atomic mass is 9.85. The number of esters is 1. The average molecular weight is 265 g/mol. The molecule has 0 saturated carbocycles. The molecule has 1 fully saturated rings. The van der Waals surface area contributed by atoms with Gasteiger partial charge in [0.1, 0.15) is 0 Å². The molecular weight excluding hydrogens is 248 g/mol. The Balaban J connectivity index is 2.94. The number of carbonyl (C=O) groups is 1. The first-order chi connectivity index (χ1) is 6.31. The third-order valence-electron chi connectivity index (χ3n) is 2.44. The molecule has 0 aliphatic carbocycles. The normalized spacial score (nSPS) is 34.1. The van der Waals surface area contributed by atoms with Crippen molar-refractivity contribution in [2.75, 3.05) is 5.33 Å². The topological polar surface area (TPSA) is 35.5 Å². The molecule has 1 aliphatic heterocycles. The number of cyclic esters (lactones) is 1. The highest BCUT2D eigenvalue weighted by Crippen LogP contribution is 2.40. The zero-order valence-electron chi connectivity index (χ0n) is 9.09. The Hall–Kier alpha value is -0.0900. The molecule has 3 nitrogen and oxygen atoms in total. The van der Waals surface area contributed by atoms with Crippen LogP contribution in [0.4, 0.5) is 0 Å². The summed E-state index contributed by atoms with van der Waals surface area (Å²) in [5.74, 6) is -1.01. The second-order valence-corrected chi connectivity index (χ2v) is 5.30. The van der Waals surface area contributed by atoms with Crippen LogP contribution in [-0.4, -0.2) is 23.2 Å². The van der Waals surface area contributed by atoms with Gasteiger partial charge in [0.2, 0.25) is 5.79 Å². The van der Waals surface area contributed by atoms with Crippen LogP contribution in [0.5, 0.6) is 0 Å². The molecule has 1 heterocycles. The van der Waals surface area contributed by atoms with E-state index in [0.717, 1.165) is 0 Å². The number of alkyl halides is 1. The molecule has 0 amide bonds. The van der Waals surface area contributed by atoms with E-state index in [1.807, 2.05) is 27.7 Å². The summed E-state index contributed by atoms with van der Waals surface area (Å²) in [4.78, 5) is 11.4. The fourth-order valence-electron chi connectivity index (χ4n) is 1.44. The molecule has 0 aromatic rings. The third-order valence-corrected chi connectivity index (χ3v) is 3.18. The highest BCUT2D eigenvalue weighted by molar-refractivity contribution is 9.09. The summed E-state index contributed by atoms with van der Waals surface area (Å²) >= 11 is 3.36. The van der Waals surface area contributed by atoms with Gasteiger partial charge < -0.3 is 9.47 Å². The largest absolute Gasteiger partial charge is 0.431 e. The van der Waals surface area contributed by atoms with Crippen LogP contribution < -0.4 is 0 Å². The Labute approximate surface area is 93.3 Å². The Morgan fingerprint density at radius 1 is 1.57 bits per heavy atom. The summed E-state index contributed by atoms with van der Waals surface area (Å²) < 4.78 is 11.1. The minimum atomic E-state index is -0.832. The van der Waals surface area contributed by atoms with Gasteiger partial charge in [0.05, 0.1) is 17.9 Å². The number of carbonyl (C=O) groups excluding carboxylic acids is 1. The van der Waals surface area contributed by atoms with Crippen molar-refractivity contribution in [2.24, 2.45) is 5.41 Å². The van der Waals surface area contributed by atoms with Gasteiger partial charge in [0.15, 0.2) is 0 Å². The Morgan fingerprint density at radius 3 is 2.50 bits per heavy atom. The fourth-order valence-corrected chi connectivity index (χ4v) is 2.53. The second kappa shape index (κ2) is 3.81. The average Bonchev–Trinajstić information content (AvgIpc) is 2.00. The van der Waals surface area contributed by atoms with Crippen molar-refractivity contribution in [2.45, 2.75) is 46.0 Å². The van der Waals surface area contributed by atoms with Crippen molar-refractivity contribution in [3.8, 4) is 0 Å². The smallest absolute Gasteiger partial charge is 0.310 e. The lowest BCUT2D eigenvalue weighted by Crippen LogP contribution is -2.55. The van der Waals surface area contributed by atoms with E-state index < -0.39 is 5.79 Å². The van der Waals surface area contributed by atoms with Crippen molar-refractivity contribution in [1.29, 1.82) is 0 Å². The molecule has 0 radical (unpaired) electrons. The van der Waals surface area contributed by atoms with Crippen molar-refractivity contribution in [3.63, 3.8) is 0 Å². The lowest BCUT2D eigenvalue weighted by molar-refractivity contribution is -0.297. The molecular formula is C10H17BrO3. The zero-order valence-corrected chi connectivity index (χ0v) is 10.7. The van der Waals surface area contributed by atoms with E-state index in [1.165, 1.54) is 0 Å². The SMILES string of the molecule is C[C@@H]1CC(=O)O[C@](CBr)(C(C)(C)C)O1. The highest BCUT2D eigenvalue weighted by atomic mass is 79.9. The summed E-state index contributed by atoms with van der Waals surface area (Å²) in [5.41, 5.74) is -0.235. The van der Waals surface area contributed by atoms with E-state index in [2.05, 4.69) is 15.9 Å². The Kier molecular flexibility index (Phi) is 3.26. The molecule has 82 valence electrons. The molecule has 4 heteroatoms. The molecule has 1 aliphatic rings. The van der Waals surface area contributed by atoms with Crippen LogP contribution >= 0.6 is 15.9 Å². The number of halogens is 1. The zero-order chi connectivity index (χ0) is 11.0. The van der Waals surface area contributed by atoms with Crippen LogP contribution in [0.2, 0.25) is 0 Å². The summed E-state index contributed by atoms with van der Waals surface area (Å²) in [7, 11) is 0. The van der Waals surface area contributed by atoms with Gasteiger partial charge in [-0.2, -0.15) is 0 Å². The van der Waals surface area contributed by atoms with Crippen LogP contribution in [0.3, 0.4) is 0 Å². The molecule has 2 atom stereocenters. The van der Waals surface area contributed by atoms with Crippen LogP contribution in [-0.2, 0) is 14.3 Å². The predicted octanol–water partition coefficient (Wildman–Crippen LogP) is 2.48. The Bertz CT molecular complexity index is 234. The maximum absolute atomic E-state index is 11.4. The number of rotatable bonds is 1. The van der Waals surface area contributed by atoms with Gasteiger partial charge in [0, 0.05) is 5.41 Å². The maximum atomic E-state index is 11.4.